The van der Waals surface area contributed by atoms with Gasteiger partial charge in [0.1, 0.15) is 0 Å². The monoisotopic (exact) mass is 391 g/mol. The lowest BCUT2D eigenvalue weighted by Gasteiger charge is -2.16. The third-order valence-corrected chi connectivity index (χ3v) is 5.19. The second-order valence-electron chi connectivity index (χ2n) is 6.05. The quantitative estimate of drug-likeness (QED) is 0.572. The van der Waals surface area contributed by atoms with E-state index >= 15 is 0 Å². The highest BCUT2D eigenvalue weighted by molar-refractivity contribution is 7.98. The molecule has 0 saturated carbocycles. The van der Waals surface area contributed by atoms with Crippen molar-refractivity contribution in [2.45, 2.75) is 31.7 Å². The highest BCUT2D eigenvalue weighted by Gasteiger charge is 2.16. The summed E-state index contributed by atoms with van der Waals surface area (Å²) in [5, 5.41) is 3.14. The largest absolute Gasteiger partial charge is 0.452 e. The van der Waals surface area contributed by atoms with Gasteiger partial charge in [-0.3, -0.25) is 4.79 Å². The highest BCUT2D eigenvalue weighted by atomic mass is 35.5. The van der Waals surface area contributed by atoms with E-state index < -0.39 is 5.97 Å². The molecular formula is C20H22ClNO3S. The zero-order valence-corrected chi connectivity index (χ0v) is 16.8. The van der Waals surface area contributed by atoms with E-state index in [4.69, 9.17) is 16.3 Å². The summed E-state index contributed by atoms with van der Waals surface area (Å²) in [7, 11) is 0. The Morgan fingerprint density at radius 1 is 1.15 bits per heavy atom. The smallest absolute Gasteiger partial charge is 0.340 e. The topological polar surface area (TPSA) is 55.4 Å². The van der Waals surface area contributed by atoms with Gasteiger partial charge in [0.15, 0.2) is 6.61 Å². The summed E-state index contributed by atoms with van der Waals surface area (Å²) in [5.74, 6) is -0.971. The van der Waals surface area contributed by atoms with Crippen molar-refractivity contribution in [1.29, 1.82) is 0 Å². The van der Waals surface area contributed by atoms with Gasteiger partial charge in [-0.25, -0.2) is 4.79 Å². The lowest BCUT2D eigenvalue weighted by atomic mass is 10.0. The molecule has 2 aromatic rings. The van der Waals surface area contributed by atoms with E-state index in [-0.39, 0.29) is 24.1 Å². The van der Waals surface area contributed by atoms with Crippen molar-refractivity contribution >= 4 is 35.2 Å². The summed E-state index contributed by atoms with van der Waals surface area (Å²) >= 11 is 7.54. The van der Waals surface area contributed by atoms with Crippen molar-refractivity contribution in [2.24, 2.45) is 0 Å². The van der Waals surface area contributed by atoms with Crippen LogP contribution in [0, 0.1) is 13.8 Å². The first-order chi connectivity index (χ1) is 12.3. The molecule has 26 heavy (non-hydrogen) atoms. The Kier molecular flexibility index (Phi) is 7.12. The number of benzene rings is 2. The third kappa shape index (κ3) is 5.26. The predicted molar refractivity (Wildman–Crippen MR) is 106 cm³/mol. The fourth-order valence-electron chi connectivity index (χ4n) is 2.40. The number of esters is 1. The van der Waals surface area contributed by atoms with E-state index in [9.17, 15) is 9.59 Å². The lowest BCUT2D eigenvalue weighted by molar-refractivity contribution is -0.124. The second-order valence-corrected chi connectivity index (χ2v) is 7.34. The van der Waals surface area contributed by atoms with Crippen LogP contribution in [0.2, 0.25) is 5.02 Å². The average Bonchev–Trinajstić information content (AvgIpc) is 2.62. The molecule has 0 aliphatic carbocycles. The first kappa shape index (κ1) is 20.3. The van der Waals surface area contributed by atoms with Crippen molar-refractivity contribution in [2.75, 3.05) is 12.9 Å². The minimum absolute atomic E-state index is 0.177. The Labute approximate surface area is 163 Å². The summed E-state index contributed by atoms with van der Waals surface area (Å²) < 4.78 is 5.11. The molecule has 2 aromatic carbocycles. The molecule has 2 rings (SSSR count). The van der Waals surface area contributed by atoms with Crippen LogP contribution in [0.4, 0.5) is 0 Å². The van der Waals surface area contributed by atoms with Gasteiger partial charge in [-0.05, 0) is 61.9 Å². The molecule has 1 amide bonds. The molecule has 0 radical (unpaired) electrons. The van der Waals surface area contributed by atoms with E-state index in [1.54, 1.807) is 12.1 Å². The molecule has 1 N–H and O–H groups in total. The Morgan fingerprint density at radius 2 is 1.88 bits per heavy atom. The highest BCUT2D eigenvalue weighted by Crippen LogP contribution is 2.23. The van der Waals surface area contributed by atoms with Crippen molar-refractivity contribution in [3.8, 4) is 0 Å². The van der Waals surface area contributed by atoms with Gasteiger partial charge in [-0.1, -0.05) is 29.8 Å². The van der Waals surface area contributed by atoms with Crippen LogP contribution in [0.3, 0.4) is 0 Å². The molecule has 0 spiro atoms. The predicted octanol–water partition coefficient (Wildman–Crippen LogP) is 4.71. The van der Waals surface area contributed by atoms with Crippen molar-refractivity contribution in [1.82, 2.24) is 5.32 Å². The number of halogens is 1. The number of thioether (sulfide) groups is 1. The molecule has 0 aromatic heterocycles. The number of carbonyl (C=O) groups is 2. The number of hydrogen-bond donors (Lipinski definition) is 1. The molecule has 0 saturated heterocycles. The number of hydrogen-bond acceptors (Lipinski definition) is 4. The van der Waals surface area contributed by atoms with Gasteiger partial charge in [0.25, 0.3) is 5.91 Å². The maximum absolute atomic E-state index is 12.2. The Bertz CT molecular complexity index is 823. The minimum atomic E-state index is -0.611. The summed E-state index contributed by atoms with van der Waals surface area (Å²) in [6, 6.07) is 11.0. The van der Waals surface area contributed by atoms with E-state index in [1.165, 1.54) is 22.9 Å². The summed E-state index contributed by atoms with van der Waals surface area (Å²) in [5.41, 5.74) is 3.63. The molecule has 1 atom stereocenters. The first-order valence-electron chi connectivity index (χ1n) is 8.19. The van der Waals surface area contributed by atoms with Crippen LogP contribution in [0.5, 0.6) is 0 Å². The van der Waals surface area contributed by atoms with Crippen LogP contribution in [0.1, 0.15) is 40.0 Å². The molecule has 0 aliphatic heterocycles. The summed E-state index contributed by atoms with van der Waals surface area (Å²) in [4.78, 5) is 25.2. The molecule has 6 heteroatoms. The number of carbonyl (C=O) groups excluding carboxylic acids is 2. The molecule has 0 bridgehead atoms. The van der Waals surface area contributed by atoms with Crippen molar-refractivity contribution in [3.05, 3.63) is 63.7 Å². The van der Waals surface area contributed by atoms with Gasteiger partial charge in [0.2, 0.25) is 0 Å². The number of rotatable bonds is 6. The van der Waals surface area contributed by atoms with E-state index in [1.807, 2.05) is 51.3 Å². The molecule has 0 unspecified atom stereocenters. The van der Waals surface area contributed by atoms with E-state index in [0.717, 1.165) is 10.5 Å². The van der Waals surface area contributed by atoms with Gasteiger partial charge < -0.3 is 10.1 Å². The van der Waals surface area contributed by atoms with Crippen LogP contribution in [0.15, 0.2) is 41.3 Å². The molecule has 0 aliphatic rings. The molecular weight excluding hydrogens is 370 g/mol. The summed E-state index contributed by atoms with van der Waals surface area (Å²) in [6.07, 6.45) is 1.90. The van der Waals surface area contributed by atoms with Crippen molar-refractivity contribution in [3.63, 3.8) is 0 Å². The van der Waals surface area contributed by atoms with Crippen LogP contribution in [-0.4, -0.2) is 24.7 Å². The summed E-state index contributed by atoms with van der Waals surface area (Å²) in [6.45, 7) is 5.61. The number of nitrogens with one attached hydrogen (secondary N) is 1. The molecule has 138 valence electrons. The van der Waals surface area contributed by atoms with Crippen LogP contribution < -0.4 is 5.32 Å². The zero-order chi connectivity index (χ0) is 19.3. The van der Waals surface area contributed by atoms with Crippen molar-refractivity contribution < 1.29 is 14.3 Å². The first-order valence-corrected chi connectivity index (χ1v) is 9.79. The van der Waals surface area contributed by atoms with Gasteiger partial charge in [0, 0.05) is 4.90 Å². The fraction of sp³-hybridized carbons (Fsp3) is 0.300. The minimum Gasteiger partial charge on any atom is -0.452 e. The van der Waals surface area contributed by atoms with Gasteiger partial charge in [-0.15, -0.1) is 11.8 Å². The maximum atomic E-state index is 12.2. The van der Waals surface area contributed by atoms with Crippen LogP contribution >= 0.6 is 23.4 Å². The standard InChI is InChI=1S/C20H22ClNO3S/c1-12-5-6-15(9-13(12)2)14(3)22-19(23)11-25-20(24)17-10-16(26-4)7-8-18(17)21/h5-10,14H,11H2,1-4H3,(H,22,23)/t14-/m0/s1. The normalized spacial score (nSPS) is 11.7. The average molecular weight is 392 g/mol. The van der Waals surface area contributed by atoms with Gasteiger partial charge >= 0.3 is 5.97 Å². The Balaban J connectivity index is 1.93. The number of aryl methyl sites for hydroxylation is 2. The molecule has 4 nitrogen and oxygen atoms in total. The number of amides is 1. The van der Waals surface area contributed by atoms with E-state index in [0.29, 0.717) is 5.02 Å². The lowest BCUT2D eigenvalue weighted by Crippen LogP contribution is -2.31. The second kappa shape index (κ2) is 9.10. The van der Waals surface area contributed by atoms with Crippen LogP contribution in [0.25, 0.3) is 0 Å². The fourth-order valence-corrected chi connectivity index (χ4v) is 3.03. The van der Waals surface area contributed by atoms with Gasteiger partial charge in [-0.2, -0.15) is 0 Å². The van der Waals surface area contributed by atoms with E-state index in [2.05, 4.69) is 5.32 Å². The Morgan fingerprint density at radius 3 is 2.54 bits per heavy atom. The third-order valence-electron chi connectivity index (χ3n) is 4.14. The SMILES string of the molecule is CSc1ccc(Cl)c(C(=O)OCC(=O)N[C@@H](C)c2ccc(C)c(C)c2)c1. The number of ether oxygens (including phenoxy) is 1. The molecule has 0 heterocycles. The van der Waals surface area contributed by atoms with Gasteiger partial charge in [0.05, 0.1) is 16.6 Å². The Hall–Kier alpha value is -1.98. The molecule has 0 fully saturated rings. The zero-order valence-electron chi connectivity index (χ0n) is 15.3. The maximum Gasteiger partial charge on any atom is 0.340 e. The van der Waals surface area contributed by atoms with Crippen LogP contribution in [-0.2, 0) is 9.53 Å².